The number of alkyl halides is 1. The number of benzene rings is 1. The van der Waals surface area contributed by atoms with Gasteiger partial charge in [-0.2, -0.15) is 0 Å². The summed E-state index contributed by atoms with van der Waals surface area (Å²) in [6.07, 6.45) is 2.57. The van der Waals surface area contributed by atoms with Gasteiger partial charge in [0.05, 0.1) is 0 Å². The zero-order valence-corrected chi connectivity index (χ0v) is 13.2. The molecular formula is C16H23Br. The molecule has 1 aromatic rings. The molecule has 0 saturated carbocycles. The molecule has 1 aliphatic carbocycles. The predicted octanol–water partition coefficient (Wildman–Crippen LogP) is 5.49. The molecule has 94 valence electrons. The maximum atomic E-state index is 3.68. The van der Waals surface area contributed by atoms with Crippen molar-refractivity contribution in [2.24, 2.45) is 0 Å². The van der Waals surface area contributed by atoms with E-state index in [-0.39, 0.29) is 0 Å². The van der Waals surface area contributed by atoms with Gasteiger partial charge in [0.25, 0.3) is 0 Å². The second-order valence-corrected chi connectivity index (χ2v) is 8.06. The van der Waals surface area contributed by atoms with Gasteiger partial charge in [-0.05, 0) is 47.3 Å². The Hall–Kier alpha value is -0.300. The molecule has 0 aliphatic heterocycles. The zero-order valence-electron chi connectivity index (χ0n) is 11.6. The summed E-state index contributed by atoms with van der Waals surface area (Å²) in [5, 5.41) is 0. The lowest BCUT2D eigenvalue weighted by atomic mass is 9.63. The van der Waals surface area contributed by atoms with Crippen LogP contribution in [0.3, 0.4) is 0 Å². The van der Waals surface area contributed by atoms with Crippen LogP contribution in [0, 0.1) is 0 Å². The average molecular weight is 295 g/mol. The van der Waals surface area contributed by atoms with Crippen molar-refractivity contribution < 1.29 is 0 Å². The van der Waals surface area contributed by atoms with Crippen molar-refractivity contribution >= 4 is 15.9 Å². The number of fused-ring (bicyclic) bond motifs is 1. The molecule has 0 aromatic heterocycles. The molecule has 1 atom stereocenters. The van der Waals surface area contributed by atoms with E-state index in [2.05, 4.69) is 68.7 Å². The van der Waals surface area contributed by atoms with E-state index in [1.807, 2.05) is 0 Å². The van der Waals surface area contributed by atoms with Crippen LogP contribution in [0.25, 0.3) is 0 Å². The van der Waals surface area contributed by atoms with E-state index in [0.717, 1.165) is 0 Å². The maximum absolute atomic E-state index is 3.68. The molecule has 0 fully saturated rings. The standard InChI is InChI=1S/C16H23Br/c1-11(17)12-6-7-13-14(10-12)16(4,5)9-8-15(13,2)3/h6-7,10-11H,8-9H2,1-5H3/t11-/m1/s1. The van der Waals surface area contributed by atoms with Gasteiger partial charge in [0, 0.05) is 4.83 Å². The highest BCUT2D eigenvalue weighted by Crippen LogP contribution is 2.46. The van der Waals surface area contributed by atoms with E-state index in [1.54, 1.807) is 11.1 Å². The molecule has 2 rings (SSSR count). The Morgan fingerprint density at radius 2 is 1.53 bits per heavy atom. The van der Waals surface area contributed by atoms with Crippen LogP contribution < -0.4 is 0 Å². The fraction of sp³-hybridized carbons (Fsp3) is 0.625. The number of rotatable bonds is 1. The summed E-state index contributed by atoms with van der Waals surface area (Å²) in [5.41, 5.74) is 5.15. The molecular weight excluding hydrogens is 272 g/mol. The molecule has 0 nitrogen and oxygen atoms in total. The Labute approximate surface area is 114 Å². The molecule has 0 spiro atoms. The first-order chi connectivity index (χ1) is 7.74. The molecule has 0 heterocycles. The zero-order chi connectivity index (χ0) is 12.8. The monoisotopic (exact) mass is 294 g/mol. The van der Waals surface area contributed by atoms with E-state index < -0.39 is 0 Å². The number of hydrogen-bond donors (Lipinski definition) is 0. The highest BCUT2D eigenvalue weighted by Gasteiger charge is 2.36. The molecule has 0 amide bonds. The van der Waals surface area contributed by atoms with Gasteiger partial charge in [-0.3, -0.25) is 0 Å². The van der Waals surface area contributed by atoms with Gasteiger partial charge >= 0.3 is 0 Å². The number of hydrogen-bond acceptors (Lipinski definition) is 0. The summed E-state index contributed by atoms with van der Waals surface area (Å²) in [4.78, 5) is 0.439. The van der Waals surface area contributed by atoms with Crippen LogP contribution in [0.1, 0.15) is 69.0 Å². The minimum Gasteiger partial charge on any atom is -0.0842 e. The van der Waals surface area contributed by atoms with Gasteiger partial charge < -0.3 is 0 Å². The molecule has 0 N–H and O–H groups in total. The Bertz CT molecular complexity index is 427. The molecule has 1 aromatic carbocycles. The Morgan fingerprint density at radius 3 is 2.06 bits per heavy atom. The first kappa shape index (κ1) is 13.1. The van der Waals surface area contributed by atoms with E-state index in [4.69, 9.17) is 0 Å². The summed E-state index contributed by atoms with van der Waals surface area (Å²) < 4.78 is 0. The summed E-state index contributed by atoms with van der Waals surface area (Å²) in [5.74, 6) is 0. The van der Waals surface area contributed by atoms with Crippen LogP contribution >= 0.6 is 15.9 Å². The summed E-state index contributed by atoms with van der Waals surface area (Å²) in [6, 6.07) is 7.04. The predicted molar refractivity (Wildman–Crippen MR) is 79.1 cm³/mol. The highest BCUT2D eigenvalue weighted by molar-refractivity contribution is 9.09. The fourth-order valence-corrected chi connectivity index (χ4v) is 3.14. The van der Waals surface area contributed by atoms with Gasteiger partial charge in [0.1, 0.15) is 0 Å². The first-order valence-corrected chi connectivity index (χ1v) is 7.45. The number of halogens is 1. The average Bonchev–Trinajstić information content (AvgIpc) is 2.24. The quantitative estimate of drug-likeness (QED) is 0.601. The lowest BCUT2D eigenvalue weighted by molar-refractivity contribution is 0.331. The van der Waals surface area contributed by atoms with E-state index in [1.165, 1.54) is 18.4 Å². The van der Waals surface area contributed by atoms with Gasteiger partial charge in [0.2, 0.25) is 0 Å². The maximum Gasteiger partial charge on any atom is 0.0367 e. The first-order valence-electron chi connectivity index (χ1n) is 6.53. The van der Waals surface area contributed by atoms with Gasteiger partial charge in [-0.15, -0.1) is 0 Å². The minimum absolute atomic E-state index is 0.322. The topological polar surface area (TPSA) is 0 Å². The van der Waals surface area contributed by atoms with Gasteiger partial charge in [-0.1, -0.05) is 61.8 Å². The molecule has 1 aliphatic rings. The van der Waals surface area contributed by atoms with Crippen molar-refractivity contribution in [3.63, 3.8) is 0 Å². The summed E-state index contributed by atoms with van der Waals surface area (Å²) in [7, 11) is 0. The summed E-state index contributed by atoms with van der Waals surface area (Å²) in [6.45, 7) is 11.7. The molecule has 0 saturated heterocycles. The van der Waals surface area contributed by atoms with Crippen molar-refractivity contribution in [3.05, 3.63) is 34.9 Å². The van der Waals surface area contributed by atoms with Crippen molar-refractivity contribution in [1.29, 1.82) is 0 Å². The Morgan fingerprint density at radius 1 is 1.00 bits per heavy atom. The van der Waals surface area contributed by atoms with E-state index in [9.17, 15) is 0 Å². The Kier molecular flexibility index (Phi) is 3.18. The van der Waals surface area contributed by atoms with Crippen LogP contribution in [0.5, 0.6) is 0 Å². The van der Waals surface area contributed by atoms with Crippen LogP contribution in [-0.4, -0.2) is 0 Å². The lowest BCUT2D eigenvalue weighted by Gasteiger charge is -2.42. The molecule has 17 heavy (non-hydrogen) atoms. The molecule has 0 bridgehead atoms. The van der Waals surface area contributed by atoms with Gasteiger partial charge in [0.15, 0.2) is 0 Å². The van der Waals surface area contributed by atoms with Crippen molar-refractivity contribution in [1.82, 2.24) is 0 Å². The molecule has 0 radical (unpaired) electrons. The van der Waals surface area contributed by atoms with Crippen LogP contribution in [0.15, 0.2) is 18.2 Å². The highest BCUT2D eigenvalue weighted by atomic mass is 79.9. The van der Waals surface area contributed by atoms with E-state index >= 15 is 0 Å². The van der Waals surface area contributed by atoms with Crippen LogP contribution in [0.2, 0.25) is 0 Å². The second-order valence-electron chi connectivity index (χ2n) is 6.69. The van der Waals surface area contributed by atoms with Crippen molar-refractivity contribution in [2.45, 2.75) is 63.1 Å². The SMILES string of the molecule is C[C@@H](Br)c1ccc2c(c1)C(C)(C)CCC2(C)C. The van der Waals surface area contributed by atoms with Gasteiger partial charge in [-0.25, -0.2) is 0 Å². The molecule has 1 heteroatoms. The largest absolute Gasteiger partial charge is 0.0842 e. The third-order valence-electron chi connectivity index (χ3n) is 4.34. The van der Waals surface area contributed by atoms with E-state index in [0.29, 0.717) is 15.7 Å². The van der Waals surface area contributed by atoms with Crippen molar-refractivity contribution in [2.75, 3.05) is 0 Å². The smallest absolute Gasteiger partial charge is 0.0367 e. The summed E-state index contributed by atoms with van der Waals surface area (Å²) >= 11 is 3.68. The molecule has 0 unspecified atom stereocenters. The third-order valence-corrected chi connectivity index (χ3v) is 4.86. The van der Waals surface area contributed by atoms with Crippen LogP contribution in [0.4, 0.5) is 0 Å². The van der Waals surface area contributed by atoms with Crippen LogP contribution in [-0.2, 0) is 10.8 Å². The van der Waals surface area contributed by atoms with Crippen molar-refractivity contribution in [3.8, 4) is 0 Å². The second kappa shape index (κ2) is 4.12. The fourth-order valence-electron chi connectivity index (χ4n) is 2.85. The Balaban J connectivity index is 2.60. The minimum atomic E-state index is 0.322. The normalized spacial score (nSPS) is 22.9. The lowest BCUT2D eigenvalue weighted by Crippen LogP contribution is -2.33. The third kappa shape index (κ3) is 2.31.